The van der Waals surface area contributed by atoms with Gasteiger partial charge in [0.1, 0.15) is 5.69 Å². The Hall–Kier alpha value is -1.76. The third kappa shape index (κ3) is 3.62. The molecule has 6 nitrogen and oxygen atoms in total. The Morgan fingerprint density at radius 1 is 1.13 bits per heavy atom. The number of hydrogen-bond acceptors (Lipinski definition) is 3. The molecule has 4 aliphatic carbocycles. The van der Waals surface area contributed by atoms with E-state index in [4.69, 9.17) is 34.8 Å². The molecule has 1 amide bonds. The summed E-state index contributed by atoms with van der Waals surface area (Å²) >= 11 is 18.5. The highest BCUT2D eigenvalue weighted by Gasteiger charge is 2.54. The van der Waals surface area contributed by atoms with E-state index >= 15 is 0 Å². The lowest BCUT2D eigenvalue weighted by Gasteiger charge is -2.55. The standard InChI is InChI=1S/C22H23Cl3N4O2/c1-11-16(20(30)29(28-11)19-17(24)5-15(23)6-18(19)25)10-26-27-21(31)22-7-12-2-13(8-22)4-14(3-12)9-22/h5-6,10,12-14,28H,2-4,7-9H2,1H3,(H,27,31). The largest absolute Gasteiger partial charge is 0.295 e. The van der Waals surface area contributed by atoms with Crippen LogP contribution in [0.5, 0.6) is 0 Å². The summed E-state index contributed by atoms with van der Waals surface area (Å²) in [6, 6.07) is 3.04. The normalized spacial score (nSPS) is 29.1. The Bertz CT molecular complexity index is 1090. The van der Waals surface area contributed by atoms with Gasteiger partial charge in [-0.3, -0.25) is 14.7 Å². The van der Waals surface area contributed by atoms with Crippen LogP contribution in [0.3, 0.4) is 0 Å². The Labute approximate surface area is 194 Å². The van der Waals surface area contributed by atoms with Crippen molar-refractivity contribution in [3.05, 3.63) is 48.8 Å². The van der Waals surface area contributed by atoms with E-state index in [1.165, 1.54) is 42.3 Å². The summed E-state index contributed by atoms with van der Waals surface area (Å²) in [5.41, 5.74) is 3.30. The molecule has 0 spiro atoms. The van der Waals surface area contributed by atoms with E-state index in [1.54, 1.807) is 6.92 Å². The highest BCUT2D eigenvalue weighted by molar-refractivity contribution is 6.40. The first-order valence-corrected chi connectivity index (χ1v) is 11.7. The van der Waals surface area contributed by atoms with Crippen molar-refractivity contribution < 1.29 is 4.79 Å². The van der Waals surface area contributed by atoms with Gasteiger partial charge in [-0.1, -0.05) is 34.8 Å². The Morgan fingerprint density at radius 3 is 2.23 bits per heavy atom. The zero-order valence-electron chi connectivity index (χ0n) is 17.1. The number of nitrogens with zero attached hydrogens (tertiary/aromatic N) is 2. The zero-order valence-corrected chi connectivity index (χ0v) is 19.3. The maximum Gasteiger partial charge on any atom is 0.280 e. The van der Waals surface area contributed by atoms with Crippen molar-refractivity contribution in [2.45, 2.75) is 45.4 Å². The van der Waals surface area contributed by atoms with Gasteiger partial charge in [0, 0.05) is 10.7 Å². The molecule has 1 aromatic carbocycles. The summed E-state index contributed by atoms with van der Waals surface area (Å²) in [4.78, 5) is 26.0. The van der Waals surface area contributed by atoms with Crippen LogP contribution in [0.1, 0.15) is 49.8 Å². The van der Waals surface area contributed by atoms with Crippen LogP contribution in [-0.2, 0) is 4.79 Å². The highest BCUT2D eigenvalue weighted by atomic mass is 35.5. The Balaban J connectivity index is 1.37. The lowest BCUT2D eigenvalue weighted by molar-refractivity contribution is -0.146. The molecule has 2 aromatic rings. The second-order valence-corrected chi connectivity index (χ2v) is 10.7. The average molecular weight is 482 g/mol. The van der Waals surface area contributed by atoms with Crippen molar-refractivity contribution in [3.63, 3.8) is 0 Å². The van der Waals surface area contributed by atoms with Gasteiger partial charge in [-0.05, 0) is 75.3 Å². The third-order valence-electron chi connectivity index (χ3n) is 7.20. The smallest absolute Gasteiger partial charge is 0.280 e. The molecule has 0 saturated heterocycles. The maximum atomic E-state index is 13.0. The fourth-order valence-corrected chi connectivity index (χ4v) is 7.27. The Morgan fingerprint density at radius 2 is 1.68 bits per heavy atom. The number of aromatic amines is 1. The first-order chi connectivity index (χ1) is 14.8. The summed E-state index contributed by atoms with van der Waals surface area (Å²) in [7, 11) is 0. The number of hydrazone groups is 1. The van der Waals surface area contributed by atoms with Crippen LogP contribution in [0.25, 0.3) is 5.69 Å². The van der Waals surface area contributed by atoms with Crippen LogP contribution in [-0.4, -0.2) is 21.9 Å². The van der Waals surface area contributed by atoms with Crippen LogP contribution >= 0.6 is 34.8 Å². The minimum Gasteiger partial charge on any atom is -0.295 e. The molecule has 0 radical (unpaired) electrons. The molecule has 9 heteroatoms. The number of carbonyl (C=O) groups is 1. The summed E-state index contributed by atoms with van der Waals surface area (Å²) in [5.74, 6) is 2.01. The van der Waals surface area contributed by atoms with E-state index < -0.39 is 0 Å². The predicted octanol–water partition coefficient (Wildman–Crippen LogP) is 5.10. The summed E-state index contributed by atoms with van der Waals surface area (Å²) < 4.78 is 1.26. The number of H-pyrrole nitrogens is 1. The van der Waals surface area contributed by atoms with E-state index in [1.807, 2.05) is 0 Å². The number of aromatic nitrogens is 2. The van der Waals surface area contributed by atoms with Gasteiger partial charge in [0.2, 0.25) is 5.91 Å². The SMILES string of the molecule is Cc1[nH]n(-c2c(Cl)cc(Cl)cc2Cl)c(=O)c1C=NNC(=O)C12CC3CC(CC(C3)C1)C2. The van der Waals surface area contributed by atoms with Crippen molar-refractivity contribution >= 4 is 46.9 Å². The average Bonchev–Trinajstić information content (AvgIpc) is 2.94. The minimum absolute atomic E-state index is 0.0137. The molecule has 0 atom stereocenters. The zero-order chi connectivity index (χ0) is 21.9. The third-order valence-corrected chi connectivity index (χ3v) is 8.00. The number of carbonyl (C=O) groups excluding carboxylic acids is 1. The quantitative estimate of drug-likeness (QED) is 0.470. The van der Waals surface area contributed by atoms with Gasteiger partial charge >= 0.3 is 0 Å². The molecule has 164 valence electrons. The van der Waals surface area contributed by atoms with E-state index in [9.17, 15) is 9.59 Å². The number of halogens is 3. The lowest BCUT2D eigenvalue weighted by Crippen LogP contribution is -2.52. The van der Waals surface area contributed by atoms with Crippen molar-refractivity contribution in [2.24, 2.45) is 28.3 Å². The van der Waals surface area contributed by atoms with Gasteiger partial charge in [0.15, 0.2) is 0 Å². The lowest BCUT2D eigenvalue weighted by atomic mass is 9.49. The number of nitrogens with one attached hydrogen (secondary N) is 2. The topological polar surface area (TPSA) is 79.2 Å². The molecule has 1 aromatic heterocycles. The number of benzene rings is 1. The van der Waals surface area contributed by atoms with Crippen molar-refractivity contribution in [3.8, 4) is 5.69 Å². The van der Waals surface area contributed by atoms with E-state index in [2.05, 4.69) is 15.6 Å². The maximum absolute atomic E-state index is 13.0. The van der Waals surface area contributed by atoms with Gasteiger partial charge in [-0.2, -0.15) is 5.10 Å². The van der Waals surface area contributed by atoms with Crippen LogP contribution < -0.4 is 11.0 Å². The Kier molecular flexibility index (Phi) is 5.23. The number of hydrogen-bond donors (Lipinski definition) is 2. The van der Waals surface area contributed by atoms with Gasteiger partial charge in [0.05, 0.1) is 27.2 Å². The van der Waals surface area contributed by atoms with E-state index in [0.717, 1.165) is 19.3 Å². The first kappa shape index (κ1) is 21.1. The molecule has 2 N–H and O–H groups in total. The van der Waals surface area contributed by atoms with Gasteiger partial charge in [-0.25, -0.2) is 10.1 Å². The predicted molar refractivity (Wildman–Crippen MR) is 122 cm³/mol. The molecule has 1 heterocycles. The molecule has 4 fully saturated rings. The van der Waals surface area contributed by atoms with Gasteiger partial charge in [-0.15, -0.1) is 0 Å². The van der Waals surface area contributed by atoms with Gasteiger partial charge < -0.3 is 0 Å². The van der Waals surface area contributed by atoms with E-state index in [-0.39, 0.29) is 26.9 Å². The van der Waals surface area contributed by atoms with Crippen molar-refractivity contribution in [1.82, 2.24) is 15.2 Å². The fraction of sp³-hybridized carbons (Fsp3) is 0.500. The van der Waals surface area contributed by atoms with Crippen LogP contribution in [0, 0.1) is 30.1 Å². The first-order valence-electron chi connectivity index (χ1n) is 10.6. The molecule has 0 unspecified atom stereocenters. The van der Waals surface area contributed by atoms with Crippen molar-refractivity contribution in [2.75, 3.05) is 0 Å². The van der Waals surface area contributed by atoms with Crippen molar-refractivity contribution in [1.29, 1.82) is 0 Å². The summed E-state index contributed by atoms with van der Waals surface area (Å²) in [6.07, 6.45) is 8.09. The van der Waals surface area contributed by atoms with Crippen LogP contribution in [0.2, 0.25) is 15.1 Å². The monoisotopic (exact) mass is 480 g/mol. The molecular formula is C22H23Cl3N4O2. The molecule has 0 aliphatic heterocycles. The van der Waals surface area contributed by atoms with Crippen LogP contribution in [0.15, 0.2) is 22.0 Å². The summed E-state index contributed by atoms with van der Waals surface area (Å²) in [6.45, 7) is 1.75. The molecular weight excluding hydrogens is 459 g/mol. The molecule has 31 heavy (non-hydrogen) atoms. The second-order valence-electron chi connectivity index (χ2n) is 9.41. The summed E-state index contributed by atoms with van der Waals surface area (Å²) in [5, 5.41) is 7.98. The molecule has 4 aliphatic rings. The number of amides is 1. The molecule has 4 bridgehead atoms. The fourth-order valence-electron chi connectivity index (χ4n) is 6.28. The number of rotatable bonds is 4. The van der Waals surface area contributed by atoms with E-state index in [0.29, 0.717) is 39.7 Å². The second kappa shape index (κ2) is 7.68. The highest BCUT2D eigenvalue weighted by Crippen LogP contribution is 2.60. The van der Waals surface area contributed by atoms with Gasteiger partial charge in [0.25, 0.3) is 5.56 Å². The van der Waals surface area contributed by atoms with Crippen LogP contribution in [0.4, 0.5) is 0 Å². The molecule has 4 saturated carbocycles. The number of aryl methyl sites for hydroxylation is 1. The molecule has 6 rings (SSSR count). The minimum atomic E-state index is -0.364.